The fourth-order valence-electron chi connectivity index (χ4n) is 11.5. The lowest BCUT2D eigenvalue weighted by molar-refractivity contribution is 0.618. The van der Waals surface area contributed by atoms with Crippen LogP contribution in [0.25, 0.3) is 57.8 Å². The zero-order valence-electron chi connectivity index (χ0n) is 44.3. The summed E-state index contributed by atoms with van der Waals surface area (Å²) in [5.74, 6) is 0.298. The zero-order valence-corrected chi connectivity index (χ0v) is 44.3. The Morgan fingerprint density at radius 1 is 0.420 bits per heavy atom. The molecule has 0 amide bonds. The molecule has 3 aliphatic carbocycles. The van der Waals surface area contributed by atoms with Crippen LogP contribution in [0.1, 0.15) is 67.5 Å². The molecule has 0 bridgehead atoms. The Labute approximate surface area is 470 Å². The van der Waals surface area contributed by atoms with E-state index in [1.807, 2.05) is 128 Å². The highest BCUT2D eigenvalue weighted by atomic mass is 15.3. The Kier molecular flexibility index (Phi) is 13.9. The van der Waals surface area contributed by atoms with Crippen molar-refractivity contribution in [2.24, 2.45) is 0 Å². The number of aromatic amines is 2. The van der Waals surface area contributed by atoms with E-state index in [9.17, 15) is 0 Å². The second kappa shape index (κ2) is 22.4. The molecule has 4 aromatic carbocycles. The summed E-state index contributed by atoms with van der Waals surface area (Å²) in [6.45, 7) is 0. The van der Waals surface area contributed by atoms with Gasteiger partial charge in [-0.3, -0.25) is 35.1 Å². The van der Waals surface area contributed by atoms with Gasteiger partial charge >= 0.3 is 0 Å². The quantitative estimate of drug-likeness (QED) is 0.146. The van der Waals surface area contributed by atoms with Gasteiger partial charge in [-0.1, -0.05) is 170 Å². The molecule has 2 N–H and O–H groups in total. The van der Waals surface area contributed by atoms with E-state index in [1.54, 1.807) is 12.4 Å². The van der Waals surface area contributed by atoms with Crippen LogP contribution >= 0.6 is 0 Å². The highest BCUT2D eigenvalue weighted by molar-refractivity contribution is 5.78. The molecule has 11 heteroatoms. The second-order valence-corrected chi connectivity index (χ2v) is 20.3. The van der Waals surface area contributed by atoms with Crippen LogP contribution in [0.4, 0.5) is 0 Å². The number of hydrogen-bond acceptors (Lipinski definition) is 8. The van der Waals surface area contributed by atoms with Crippen LogP contribution < -0.4 is 0 Å². The number of nitrogens with one attached hydrogen (secondary N) is 2. The monoisotopic (exact) mass is 1050 g/mol. The molecule has 12 aromatic rings. The van der Waals surface area contributed by atoms with Crippen molar-refractivity contribution >= 4 is 18.2 Å². The van der Waals surface area contributed by atoms with Crippen LogP contribution in [-0.4, -0.2) is 55.1 Å². The van der Waals surface area contributed by atoms with Crippen molar-refractivity contribution in [3.63, 3.8) is 0 Å². The summed E-state index contributed by atoms with van der Waals surface area (Å²) in [4.78, 5) is 21.8. The summed E-state index contributed by atoms with van der Waals surface area (Å²) >= 11 is 0. The van der Waals surface area contributed by atoms with E-state index in [0.717, 1.165) is 75.8 Å². The zero-order chi connectivity index (χ0) is 54.3. The van der Waals surface area contributed by atoms with Crippen molar-refractivity contribution < 1.29 is 0 Å². The molecule has 3 aliphatic rings. The SMILES string of the molecule is C1=CC(c2ccccc2)(c2cccnc2)Cc2[nH]nc(-c3ccccc3)c21.C1=CC(c2ccccc2)(c2cccnc2)Cc2[nH]nc(-c3ccccn3)c21.C1=CC(c2cccnc2)Cc2c1c(-c1cccnc1)nn2-c1ccccc1. The maximum atomic E-state index is 4.97. The molecule has 15 rings (SSSR count). The molecule has 81 heavy (non-hydrogen) atoms. The third-order valence-corrected chi connectivity index (χ3v) is 15.6. The van der Waals surface area contributed by atoms with E-state index in [0.29, 0.717) is 5.92 Å². The average molecular weight is 1050 g/mol. The predicted octanol–water partition coefficient (Wildman–Crippen LogP) is 14.1. The van der Waals surface area contributed by atoms with Crippen molar-refractivity contribution in [3.05, 3.63) is 324 Å². The van der Waals surface area contributed by atoms with Gasteiger partial charge in [0.2, 0.25) is 0 Å². The first-order chi connectivity index (χ1) is 40.1. The number of benzene rings is 4. The number of rotatable bonds is 9. The van der Waals surface area contributed by atoms with Crippen LogP contribution in [0.15, 0.2) is 262 Å². The summed E-state index contributed by atoms with van der Waals surface area (Å²) in [5, 5.41) is 20.7. The Balaban J connectivity index is 0.000000114. The maximum absolute atomic E-state index is 4.97. The topological polar surface area (TPSA) is 140 Å². The van der Waals surface area contributed by atoms with Crippen molar-refractivity contribution in [1.29, 1.82) is 0 Å². The first-order valence-electron chi connectivity index (χ1n) is 27.2. The normalized spacial score (nSPS) is 17.3. The number of aromatic nitrogens is 11. The van der Waals surface area contributed by atoms with Gasteiger partial charge in [0.05, 0.1) is 22.8 Å². The minimum Gasteiger partial charge on any atom is -0.281 e. The first kappa shape index (κ1) is 50.0. The molecule has 11 nitrogen and oxygen atoms in total. The van der Waals surface area contributed by atoms with Gasteiger partial charge in [-0.2, -0.15) is 15.3 Å². The molecule has 3 atom stereocenters. The highest BCUT2D eigenvalue weighted by Crippen LogP contribution is 2.45. The van der Waals surface area contributed by atoms with Gasteiger partial charge in [0, 0.05) is 131 Å². The number of allylic oxidation sites excluding steroid dienone is 3. The van der Waals surface area contributed by atoms with E-state index >= 15 is 0 Å². The number of hydrogen-bond donors (Lipinski definition) is 2. The number of H-pyrrole nitrogens is 2. The number of fused-ring (bicyclic) bond motifs is 3. The minimum atomic E-state index is -0.267. The first-order valence-corrected chi connectivity index (χ1v) is 27.2. The molecule has 8 heterocycles. The van der Waals surface area contributed by atoms with E-state index in [-0.39, 0.29) is 10.8 Å². The van der Waals surface area contributed by atoms with Crippen molar-refractivity contribution in [3.8, 4) is 39.6 Å². The number of pyridine rings is 5. The van der Waals surface area contributed by atoms with E-state index in [4.69, 9.17) is 5.10 Å². The minimum absolute atomic E-state index is 0.247. The smallest absolute Gasteiger partial charge is 0.118 e. The van der Waals surface area contributed by atoms with Gasteiger partial charge in [-0.25, -0.2) is 4.68 Å². The van der Waals surface area contributed by atoms with Gasteiger partial charge in [0.15, 0.2) is 0 Å². The molecule has 8 aromatic heterocycles. The van der Waals surface area contributed by atoms with Crippen LogP contribution in [0.5, 0.6) is 0 Å². The third kappa shape index (κ3) is 9.93. The van der Waals surface area contributed by atoms with Crippen molar-refractivity contribution in [2.45, 2.75) is 36.0 Å². The molecular formula is C70H55N11. The van der Waals surface area contributed by atoms with Gasteiger partial charge in [0.1, 0.15) is 11.4 Å². The fraction of sp³-hybridized carbons (Fsp3) is 0.0857. The lowest BCUT2D eigenvalue weighted by atomic mass is 9.69. The van der Waals surface area contributed by atoms with Crippen LogP contribution in [0, 0.1) is 0 Å². The van der Waals surface area contributed by atoms with Crippen LogP contribution in [-0.2, 0) is 30.1 Å². The molecular weight excluding hydrogens is 995 g/mol. The van der Waals surface area contributed by atoms with Gasteiger partial charge in [-0.15, -0.1) is 0 Å². The molecule has 0 aliphatic heterocycles. The predicted molar refractivity (Wildman–Crippen MR) is 321 cm³/mol. The Hall–Kier alpha value is -10.5. The van der Waals surface area contributed by atoms with Crippen molar-refractivity contribution in [1.82, 2.24) is 55.1 Å². The lowest BCUT2D eigenvalue weighted by Crippen LogP contribution is -2.30. The van der Waals surface area contributed by atoms with Crippen LogP contribution in [0.3, 0.4) is 0 Å². The molecule has 3 unspecified atom stereocenters. The average Bonchev–Trinajstić information content (AvgIpc) is 4.37. The second-order valence-electron chi connectivity index (χ2n) is 20.3. The number of para-hydroxylation sites is 1. The molecule has 390 valence electrons. The summed E-state index contributed by atoms with van der Waals surface area (Å²) in [5.41, 5.74) is 19.5. The van der Waals surface area contributed by atoms with Gasteiger partial charge < -0.3 is 0 Å². The van der Waals surface area contributed by atoms with E-state index < -0.39 is 0 Å². The molecule has 0 spiro atoms. The van der Waals surface area contributed by atoms with Gasteiger partial charge in [-0.05, 0) is 82.4 Å². The number of nitrogens with zero attached hydrogens (tertiary/aromatic N) is 9. The highest BCUT2D eigenvalue weighted by Gasteiger charge is 2.38. The Morgan fingerprint density at radius 2 is 0.938 bits per heavy atom. The maximum Gasteiger partial charge on any atom is 0.118 e. The lowest BCUT2D eigenvalue weighted by Gasteiger charge is -2.34. The Morgan fingerprint density at radius 3 is 1.49 bits per heavy atom. The Bertz CT molecular complexity index is 3850. The summed E-state index contributed by atoms with van der Waals surface area (Å²) in [6, 6.07) is 64.2. The third-order valence-electron chi connectivity index (χ3n) is 15.6. The van der Waals surface area contributed by atoms with E-state index in [2.05, 4.69) is 190 Å². The summed E-state index contributed by atoms with van der Waals surface area (Å²) < 4.78 is 2.07. The van der Waals surface area contributed by atoms with Crippen molar-refractivity contribution in [2.75, 3.05) is 0 Å². The molecule has 0 fully saturated rings. The van der Waals surface area contributed by atoms with E-state index in [1.165, 1.54) is 44.6 Å². The van der Waals surface area contributed by atoms with Gasteiger partial charge in [0.25, 0.3) is 0 Å². The molecule has 0 saturated heterocycles. The summed E-state index contributed by atoms with van der Waals surface area (Å²) in [6.07, 6.45) is 32.7. The molecule has 0 radical (unpaired) electrons. The molecule has 0 saturated carbocycles. The standard InChI is InChI=1S/C24H19N3.2C23H18N4/c1-3-8-18(9-4-1)23-21-13-14-24(16-22(21)26-27-23,19-10-5-2-6-11-19)20-12-7-15-25-17-20;1-2-8-20(9-3-1)27-22-14-17(18-6-4-12-24-15-18)10-11-21(22)23(26-27)19-7-5-13-25-16-19;1-2-7-17(8-3-1)23(18-9-6-13-24-16-18)12-11-19-21(15-23)26-27-22(19)20-10-4-5-14-25-20/h1-15,17H,16H2,(H,26,27);1-13,15-17H,14H2;1-14,16H,15H2,(H,26,27). The summed E-state index contributed by atoms with van der Waals surface area (Å²) in [7, 11) is 0. The largest absolute Gasteiger partial charge is 0.281 e. The van der Waals surface area contributed by atoms with Crippen LogP contribution in [0.2, 0.25) is 0 Å². The fourth-order valence-corrected chi connectivity index (χ4v) is 11.5.